The molecule has 0 aromatic carbocycles. The fraction of sp³-hybridized carbons (Fsp3) is 1.00. The summed E-state index contributed by atoms with van der Waals surface area (Å²) in [5.41, 5.74) is 0.460. The van der Waals surface area contributed by atoms with Gasteiger partial charge >= 0.3 is 0 Å². The van der Waals surface area contributed by atoms with Gasteiger partial charge in [0.05, 0.1) is 0 Å². The van der Waals surface area contributed by atoms with E-state index >= 15 is 0 Å². The van der Waals surface area contributed by atoms with Gasteiger partial charge in [0.1, 0.15) is 0 Å². The summed E-state index contributed by atoms with van der Waals surface area (Å²) in [7, 11) is 0. The molecule has 1 heterocycles. The highest BCUT2D eigenvalue weighted by molar-refractivity contribution is 5.03. The molecule has 88 valence electrons. The molecule has 0 radical (unpaired) electrons. The van der Waals surface area contributed by atoms with E-state index in [2.05, 4.69) is 31.0 Å². The Bertz CT molecular complexity index is 213. The third kappa shape index (κ3) is 2.36. The van der Waals surface area contributed by atoms with Crippen molar-refractivity contribution in [1.29, 1.82) is 0 Å². The van der Waals surface area contributed by atoms with Crippen LogP contribution in [0.3, 0.4) is 0 Å². The molecule has 1 aliphatic heterocycles. The molecule has 0 spiro atoms. The molecule has 1 saturated heterocycles. The summed E-state index contributed by atoms with van der Waals surface area (Å²) in [6.45, 7) is 12.1. The van der Waals surface area contributed by atoms with E-state index in [4.69, 9.17) is 0 Å². The average molecular weight is 210 g/mol. The minimum Gasteiger partial charge on any atom is -0.314 e. The minimum absolute atomic E-state index is 0.460. The van der Waals surface area contributed by atoms with Crippen LogP contribution in [0.25, 0.3) is 0 Å². The van der Waals surface area contributed by atoms with Crippen LogP contribution in [-0.2, 0) is 0 Å². The zero-order chi connectivity index (χ0) is 10.9. The number of rotatable bonds is 4. The maximum absolute atomic E-state index is 3.58. The average Bonchev–Trinajstić information content (AvgIpc) is 3.05. The van der Waals surface area contributed by atoms with Crippen molar-refractivity contribution in [2.45, 2.75) is 45.6 Å². The van der Waals surface area contributed by atoms with E-state index in [0.29, 0.717) is 5.54 Å². The largest absolute Gasteiger partial charge is 0.314 e. The number of hydrogen-bond donors (Lipinski definition) is 1. The number of piperazine rings is 1. The van der Waals surface area contributed by atoms with E-state index < -0.39 is 0 Å². The standard InChI is InChI=1S/C13H26N2/c1-4-11(2)9-15-8-7-14-10-13(15,3)12-5-6-12/h11-12,14H,4-10H2,1-3H3. The van der Waals surface area contributed by atoms with Gasteiger partial charge in [0.25, 0.3) is 0 Å². The molecule has 0 bridgehead atoms. The molecule has 15 heavy (non-hydrogen) atoms. The Kier molecular flexibility index (Phi) is 3.36. The second kappa shape index (κ2) is 4.42. The maximum Gasteiger partial charge on any atom is 0.0334 e. The monoisotopic (exact) mass is 210 g/mol. The van der Waals surface area contributed by atoms with Gasteiger partial charge in [0.15, 0.2) is 0 Å². The highest BCUT2D eigenvalue weighted by atomic mass is 15.3. The third-order valence-electron chi connectivity index (χ3n) is 4.45. The lowest BCUT2D eigenvalue weighted by Gasteiger charge is -2.47. The third-order valence-corrected chi connectivity index (χ3v) is 4.45. The molecule has 1 N–H and O–H groups in total. The van der Waals surface area contributed by atoms with Gasteiger partial charge in [-0.2, -0.15) is 0 Å². The van der Waals surface area contributed by atoms with Crippen LogP contribution in [0.15, 0.2) is 0 Å². The first-order chi connectivity index (χ1) is 7.16. The summed E-state index contributed by atoms with van der Waals surface area (Å²) < 4.78 is 0. The molecule has 0 aromatic rings. The van der Waals surface area contributed by atoms with Crippen molar-refractivity contribution in [3.05, 3.63) is 0 Å². The van der Waals surface area contributed by atoms with Crippen LogP contribution >= 0.6 is 0 Å². The van der Waals surface area contributed by atoms with Crippen molar-refractivity contribution in [2.75, 3.05) is 26.2 Å². The highest BCUT2D eigenvalue weighted by Crippen LogP contribution is 2.43. The zero-order valence-corrected chi connectivity index (χ0v) is 10.6. The Hall–Kier alpha value is -0.0800. The quantitative estimate of drug-likeness (QED) is 0.764. The Balaban J connectivity index is 1.99. The van der Waals surface area contributed by atoms with Crippen molar-refractivity contribution in [1.82, 2.24) is 10.2 Å². The van der Waals surface area contributed by atoms with Gasteiger partial charge in [-0.05, 0) is 31.6 Å². The van der Waals surface area contributed by atoms with Crippen LogP contribution in [-0.4, -0.2) is 36.6 Å². The van der Waals surface area contributed by atoms with Gasteiger partial charge in [0.2, 0.25) is 0 Å². The molecular formula is C13H26N2. The minimum atomic E-state index is 0.460. The molecule has 2 fully saturated rings. The normalized spacial score (nSPS) is 35.4. The van der Waals surface area contributed by atoms with Crippen LogP contribution in [0.2, 0.25) is 0 Å². The summed E-state index contributed by atoms with van der Waals surface area (Å²) in [6, 6.07) is 0. The second-order valence-electron chi connectivity index (χ2n) is 5.77. The number of nitrogens with one attached hydrogen (secondary N) is 1. The predicted octanol–water partition coefficient (Wildman–Crippen LogP) is 2.11. The highest BCUT2D eigenvalue weighted by Gasteiger charge is 2.46. The van der Waals surface area contributed by atoms with E-state index in [1.807, 2.05) is 0 Å². The molecule has 1 aliphatic carbocycles. The number of hydrogen-bond acceptors (Lipinski definition) is 2. The Morgan fingerprint density at radius 2 is 2.20 bits per heavy atom. The van der Waals surface area contributed by atoms with Gasteiger partial charge in [-0.15, -0.1) is 0 Å². The SMILES string of the molecule is CCC(C)CN1CCNCC1(C)C1CC1. The first-order valence-electron chi connectivity index (χ1n) is 6.62. The molecule has 0 aromatic heterocycles. The van der Waals surface area contributed by atoms with E-state index in [1.54, 1.807) is 0 Å². The summed E-state index contributed by atoms with van der Waals surface area (Å²) in [6.07, 6.45) is 4.22. The molecule has 2 atom stereocenters. The second-order valence-corrected chi connectivity index (χ2v) is 5.77. The van der Waals surface area contributed by atoms with Gasteiger partial charge in [0, 0.05) is 31.7 Å². The van der Waals surface area contributed by atoms with Gasteiger partial charge in [-0.1, -0.05) is 20.3 Å². The Morgan fingerprint density at radius 3 is 2.80 bits per heavy atom. The lowest BCUT2D eigenvalue weighted by Crippen LogP contribution is -2.61. The van der Waals surface area contributed by atoms with Crippen LogP contribution < -0.4 is 5.32 Å². The fourth-order valence-electron chi connectivity index (χ4n) is 2.84. The lowest BCUT2D eigenvalue weighted by atomic mass is 9.90. The van der Waals surface area contributed by atoms with Crippen LogP contribution in [0.4, 0.5) is 0 Å². The predicted molar refractivity (Wildman–Crippen MR) is 65.0 cm³/mol. The zero-order valence-electron chi connectivity index (χ0n) is 10.6. The molecule has 2 aliphatic rings. The topological polar surface area (TPSA) is 15.3 Å². The van der Waals surface area contributed by atoms with E-state index in [0.717, 1.165) is 11.8 Å². The molecule has 0 amide bonds. The first kappa shape index (κ1) is 11.4. The summed E-state index contributed by atoms with van der Waals surface area (Å²) >= 11 is 0. The molecule has 2 nitrogen and oxygen atoms in total. The van der Waals surface area contributed by atoms with Gasteiger partial charge in [-0.25, -0.2) is 0 Å². The van der Waals surface area contributed by atoms with E-state index in [-0.39, 0.29) is 0 Å². The summed E-state index contributed by atoms with van der Waals surface area (Å²) in [4.78, 5) is 2.76. The Labute approximate surface area is 94.4 Å². The molecule has 2 heteroatoms. The van der Waals surface area contributed by atoms with E-state index in [9.17, 15) is 0 Å². The van der Waals surface area contributed by atoms with Crippen molar-refractivity contribution in [2.24, 2.45) is 11.8 Å². The van der Waals surface area contributed by atoms with Gasteiger partial charge in [-0.3, -0.25) is 4.90 Å². The van der Waals surface area contributed by atoms with Crippen molar-refractivity contribution >= 4 is 0 Å². The van der Waals surface area contributed by atoms with Crippen LogP contribution in [0, 0.1) is 11.8 Å². The summed E-state index contributed by atoms with van der Waals surface area (Å²) in [5, 5.41) is 3.58. The van der Waals surface area contributed by atoms with E-state index in [1.165, 1.54) is 45.4 Å². The van der Waals surface area contributed by atoms with Crippen LogP contribution in [0.1, 0.15) is 40.0 Å². The molecule has 2 unspecified atom stereocenters. The maximum atomic E-state index is 3.58. The Morgan fingerprint density at radius 1 is 1.47 bits per heavy atom. The molecule has 1 saturated carbocycles. The fourth-order valence-corrected chi connectivity index (χ4v) is 2.84. The number of nitrogens with zero attached hydrogens (tertiary/aromatic N) is 1. The summed E-state index contributed by atoms with van der Waals surface area (Å²) in [5.74, 6) is 1.82. The van der Waals surface area contributed by atoms with Crippen molar-refractivity contribution in [3.63, 3.8) is 0 Å². The molecule has 2 rings (SSSR count). The lowest BCUT2D eigenvalue weighted by molar-refractivity contribution is 0.0427. The molecular weight excluding hydrogens is 184 g/mol. The first-order valence-corrected chi connectivity index (χ1v) is 6.62. The van der Waals surface area contributed by atoms with Crippen LogP contribution in [0.5, 0.6) is 0 Å². The smallest absolute Gasteiger partial charge is 0.0334 e. The van der Waals surface area contributed by atoms with Crippen molar-refractivity contribution < 1.29 is 0 Å². The van der Waals surface area contributed by atoms with Gasteiger partial charge < -0.3 is 5.32 Å². The van der Waals surface area contributed by atoms with Crippen molar-refractivity contribution in [3.8, 4) is 0 Å².